The standard InChI is InChI=1S/C19H17N5S/c1-14-13-18(23(20-14)16-9-5-3-6-10-16)22-15(2)21-24(19(22)25)17-11-7-4-8-12-17/h3-13H,1-2H3. The van der Waals surface area contributed by atoms with E-state index in [-0.39, 0.29) is 0 Å². The lowest BCUT2D eigenvalue weighted by Gasteiger charge is -2.08. The number of benzene rings is 2. The summed E-state index contributed by atoms with van der Waals surface area (Å²) in [6.45, 7) is 3.93. The second kappa shape index (κ2) is 6.14. The van der Waals surface area contributed by atoms with Gasteiger partial charge < -0.3 is 0 Å². The molecule has 0 amide bonds. The first-order chi connectivity index (χ1) is 12.1. The highest BCUT2D eigenvalue weighted by Crippen LogP contribution is 2.20. The van der Waals surface area contributed by atoms with E-state index in [2.05, 4.69) is 10.2 Å². The van der Waals surface area contributed by atoms with E-state index in [0.29, 0.717) is 4.77 Å². The summed E-state index contributed by atoms with van der Waals surface area (Å²) in [5.74, 6) is 1.69. The number of hydrogen-bond acceptors (Lipinski definition) is 3. The van der Waals surface area contributed by atoms with Crippen LogP contribution in [0.3, 0.4) is 0 Å². The quantitative estimate of drug-likeness (QED) is 0.522. The van der Waals surface area contributed by atoms with Gasteiger partial charge in [-0.05, 0) is 50.3 Å². The Morgan fingerprint density at radius 1 is 0.760 bits per heavy atom. The topological polar surface area (TPSA) is 40.6 Å². The molecule has 0 saturated heterocycles. The van der Waals surface area contributed by atoms with Crippen LogP contribution in [-0.2, 0) is 0 Å². The maximum Gasteiger partial charge on any atom is 0.208 e. The Morgan fingerprint density at radius 3 is 1.92 bits per heavy atom. The van der Waals surface area contributed by atoms with Gasteiger partial charge in [-0.25, -0.2) is 9.36 Å². The van der Waals surface area contributed by atoms with Crippen molar-refractivity contribution in [3.63, 3.8) is 0 Å². The molecule has 0 aliphatic carbocycles. The maximum absolute atomic E-state index is 5.72. The smallest absolute Gasteiger partial charge is 0.208 e. The monoisotopic (exact) mass is 347 g/mol. The van der Waals surface area contributed by atoms with E-state index < -0.39 is 0 Å². The van der Waals surface area contributed by atoms with Crippen molar-refractivity contribution in [2.45, 2.75) is 13.8 Å². The van der Waals surface area contributed by atoms with Crippen LogP contribution in [0.1, 0.15) is 11.5 Å². The van der Waals surface area contributed by atoms with Gasteiger partial charge in [-0.2, -0.15) is 10.2 Å². The average molecular weight is 347 g/mol. The fraction of sp³-hybridized carbons (Fsp3) is 0.105. The summed E-state index contributed by atoms with van der Waals surface area (Å²) in [6, 6.07) is 22.0. The normalized spacial score (nSPS) is 11.0. The van der Waals surface area contributed by atoms with Crippen molar-refractivity contribution >= 4 is 12.2 Å². The first-order valence-corrected chi connectivity index (χ1v) is 8.42. The van der Waals surface area contributed by atoms with Crippen molar-refractivity contribution < 1.29 is 0 Å². The number of rotatable bonds is 3. The fourth-order valence-electron chi connectivity index (χ4n) is 2.87. The first kappa shape index (κ1) is 15.5. The molecule has 25 heavy (non-hydrogen) atoms. The third kappa shape index (κ3) is 2.70. The van der Waals surface area contributed by atoms with Crippen molar-refractivity contribution in [2.75, 3.05) is 0 Å². The van der Waals surface area contributed by atoms with Gasteiger partial charge in [-0.3, -0.25) is 4.57 Å². The Morgan fingerprint density at radius 2 is 1.32 bits per heavy atom. The summed E-state index contributed by atoms with van der Waals surface area (Å²) in [5, 5.41) is 9.27. The van der Waals surface area contributed by atoms with Crippen molar-refractivity contribution in [3.05, 3.63) is 83.0 Å². The predicted molar refractivity (Wildman–Crippen MR) is 100 cm³/mol. The Balaban J connectivity index is 1.93. The molecule has 0 N–H and O–H groups in total. The molecule has 0 unspecified atom stereocenters. The second-order valence-electron chi connectivity index (χ2n) is 5.80. The van der Waals surface area contributed by atoms with E-state index in [4.69, 9.17) is 12.2 Å². The van der Waals surface area contributed by atoms with Gasteiger partial charge >= 0.3 is 0 Å². The summed E-state index contributed by atoms with van der Waals surface area (Å²) < 4.78 is 6.24. The van der Waals surface area contributed by atoms with Crippen molar-refractivity contribution in [2.24, 2.45) is 0 Å². The third-order valence-corrected chi connectivity index (χ3v) is 4.34. The van der Waals surface area contributed by atoms with Crippen molar-refractivity contribution in [1.29, 1.82) is 0 Å². The predicted octanol–water partition coefficient (Wildman–Crippen LogP) is 4.20. The number of nitrogens with zero attached hydrogens (tertiary/aromatic N) is 5. The van der Waals surface area contributed by atoms with E-state index in [1.54, 1.807) is 4.68 Å². The van der Waals surface area contributed by atoms with Crippen LogP contribution < -0.4 is 0 Å². The van der Waals surface area contributed by atoms with Crippen LogP contribution in [0.5, 0.6) is 0 Å². The Kier molecular flexibility index (Phi) is 3.82. The fourth-order valence-corrected chi connectivity index (χ4v) is 3.24. The van der Waals surface area contributed by atoms with Gasteiger partial charge in [0, 0.05) is 6.07 Å². The minimum Gasteiger partial charge on any atom is -0.255 e. The number of para-hydroxylation sites is 2. The van der Waals surface area contributed by atoms with Crippen LogP contribution in [0.4, 0.5) is 0 Å². The highest BCUT2D eigenvalue weighted by Gasteiger charge is 2.16. The van der Waals surface area contributed by atoms with Gasteiger partial charge in [0.15, 0.2) is 0 Å². The van der Waals surface area contributed by atoms with Crippen LogP contribution in [0.2, 0.25) is 0 Å². The average Bonchev–Trinajstić information content (AvgIpc) is 3.15. The Labute approximate surface area is 150 Å². The molecule has 0 bridgehead atoms. The van der Waals surface area contributed by atoms with Crippen LogP contribution in [0.15, 0.2) is 66.7 Å². The zero-order chi connectivity index (χ0) is 17.4. The van der Waals surface area contributed by atoms with E-state index in [0.717, 1.165) is 28.7 Å². The summed E-state index contributed by atoms with van der Waals surface area (Å²) in [5.41, 5.74) is 2.85. The highest BCUT2D eigenvalue weighted by molar-refractivity contribution is 7.71. The molecule has 0 fully saturated rings. The SMILES string of the molecule is Cc1cc(-n2c(C)nn(-c3ccccc3)c2=S)n(-c2ccccc2)n1. The molecule has 2 heterocycles. The maximum atomic E-state index is 5.72. The van der Waals surface area contributed by atoms with Gasteiger partial charge in [0.05, 0.1) is 17.1 Å². The lowest BCUT2D eigenvalue weighted by molar-refractivity contribution is 0.792. The first-order valence-electron chi connectivity index (χ1n) is 8.02. The molecule has 4 rings (SSSR count). The third-order valence-electron chi connectivity index (χ3n) is 3.98. The lowest BCUT2D eigenvalue weighted by Crippen LogP contribution is -2.07. The van der Waals surface area contributed by atoms with Gasteiger partial charge in [-0.1, -0.05) is 36.4 Å². The van der Waals surface area contributed by atoms with E-state index in [9.17, 15) is 0 Å². The summed E-state index contributed by atoms with van der Waals surface area (Å²) >= 11 is 5.72. The largest absolute Gasteiger partial charge is 0.255 e. The zero-order valence-electron chi connectivity index (χ0n) is 14.0. The molecule has 5 nitrogen and oxygen atoms in total. The molecule has 6 heteroatoms. The summed E-state index contributed by atoms with van der Waals surface area (Å²) in [4.78, 5) is 0. The van der Waals surface area contributed by atoms with Crippen molar-refractivity contribution in [1.82, 2.24) is 24.1 Å². The Hall–Kier alpha value is -2.99. The summed E-state index contributed by atoms with van der Waals surface area (Å²) in [7, 11) is 0. The minimum atomic E-state index is 0.612. The molecule has 2 aromatic carbocycles. The molecule has 0 aliphatic rings. The van der Waals surface area contributed by atoms with Crippen molar-refractivity contribution in [3.8, 4) is 17.2 Å². The second-order valence-corrected chi connectivity index (χ2v) is 6.17. The zero-order valence-corrected chi connectivity index (χ0v) is 14.8. The minimum absolute atomic E-state index is 0.612. The molecule has 2 aromatic heterocycles. The van der Waals surface area contributed by atoms with Crippen LogP contribution in [-0.4, -0.2) is 24.1 Å². The molecule has 124 valence electrons. The van der Waals surface area contributed by atoms with Crippen LogP contribution >= 0.6 is 12.2 Å². The molecular weight excluding hydrogens is 330 g/mol. The van der Waals surface area contributed by atoms with E-state index in [1.165, 1.54) is 0 Å². The Bertz CT molecular complexity index is 1070. The molecule has 0 spiro atoms. The number of aryl methyl sites for hydroxylation is 2. The molecule has 0 saturated carbocycles. The van der Waals surface area contributed by atoms with Crippen LogP contribution in [0, 0.1) is 18.6 Å². The van der Waals surface area contributed by atoms with Gasteiger partial charge in [0.25, 0.3) is 0 Å². The van der Waals surface area contributed by atoms with E-state index >= 15 is 0 Å². The molecule has 0 atom stereocenters. The van der Waals surface area contributed by atoms with Gasteiger partial charge in [0.2, 0.25) is 4.77 Å². The molecule has 4 aromatic rings. The van der Waals surface area contributed by atoms with E-state index in [1.807, 2.05) is 89.8 Å². The lowest BCUT2D eigenvalue weighted by atomic mass is 10.3. The van der Waals surface area contributed by atoms with Gasteiger partial charge in [-0.15, -0.1) is 0 Å². The molecule has 0 aliphatic heterocycles. The number of aromatic nitrogens is 5. The van der Waals surface area contributed by atoms with Gasteiger partial charge in [0.1, 0.15) is 11.6 Å². The molecular formula is C19H17N5S. The molecule has 0 radical (unpaired) electrons. The number of hydrogen-bond donors (Lipinski definition) is 0. The summed E-state index contributed by atoms with van der Waals surface area (Å²) in [6.07, 6.45) is 0. The highest BCUT2D eigenvalue weighted by atomic mass is 32.1. The van der Waals surface area contributed by atoms with Crippen LogP contribution in [0.25, 0.3) is 17.2 Å².